The molecule has 0 aliphatic heterocycles. The van der Waals surface area contributed by atoms with Gasteiger partial charge < -0.3 is 11.1 Å². The lowest BCUT2D eigenvalue weighted by Crippen LogP contribution is -2.22. The SMILES string of the molecule is CC(Sc1cccc(N)c1)C(=O)Nc1nc(-c2ccccc2)cs1. The van der Waals surface area contributed by atoms with E-state index in [1.165, 1.54) is 23.1 Å². The van der Waals surface area contributed by atoms with Crippen LogP contribution in [0.1, 0.15) is 6.92 Å². The third kappa shape index (κ3) is 4.15. The summed E-state index contributed by atoms with van der Waals surface area (Å²) < 4.78 is 0. The average Bonchev–Trinajstić information content (AvgIpc) is 3.04. The maximum Gasteiger partial charge on any atom is 0.239 e. The van der Waals surface area contributed by atoms with Crippen LogP contribution in [-0.4, -0.2) is 16.1 Å². The summed E-state index contributed by atoms with van der Waals surface area (Å²) in [7, 11) is 0. The first-order valence-corrected chi connectivity index (χ1v) is 9.22. The number of thioether (sulfide) groups is 1. The van der Waals surface area contributed by atoms with Gasteiger partial charge in [-0.25, -0.2) is 4.98 Å². The number of carbonyl (C=O) groups is 1. The van der Waals surface area contributed by atoms with Crippen LogP contribution in [0.2, 0.25) is 0 Å². The number of benzene rings is 2. The molecule has 0 spiro atoms. The van der Waals surface area contributed by atoms with Crippen molar-refractivity contribution < 1.29 is 4.79 Å². The number of rotatable bonds is 5. The summed E-state index contributed by atoms with van der Waals surface area (Å²) >= 11 is 2.90. The number of nitrogens with zero attached hydrogens (tertiary/aromatic N) is 1. The molecule has 0 aliphatic carbocycles. The van der Waals surface area contributed by atoms with Crippen LogP contribution in [0, 0.1) is 0 Å². The number of anilines is 2. The number of nitrogens with one attached hydrogen (secondary N) is 1. The molecule has 3 aromatic rings. The number of hydrogen-bond donors (Lipinski definition) is 2. The smallest absolute Gasteiger partial charge is 0.239 e. The second-order valence-corrected chi connectivity index (χ2v) is 7.50. The molecule has 0 saturated carbocycles. The van der Waals surface area contributed by atoms with Gasteiger partial charge in [0.1, 0.15) is 0 Å². The fourth-order valence-electron chi connectivity index (χ4n) is 2.13. The highest BCUT2D eigenvalue weighted by atomic mass is 32.2. The zero-order chi connectivity index (χ0) is 16.9. The first-order valence-electron chi connectivity index (χ1n) is 7.46. The number of nitrogen functional groups attached to an aromatic ring is 1. The van der Waals surface area contributed by atoms with Crippen molar-refractivity contribution in [2.24, 2.45) is 0 Å². The maximum absolute atomic E-state index is 12.4. The Labute approximate surface area is 149 Å². The molecule has 4 nitrogen and oxygen atoms in total. The largest absolute Gasteiger partial charge is 0.399 e. The van der Waals surface area contributed by atoms with Crippen molar-refractivity contribution >= 4 is 39.8 Å². The van der Waals surface area contributed by atoms with Crippen LogP contribution in [-0.2, 0) is 4.79 Å². The van der Waals surface area contributed by atoms with Crippen LogP contribution in [0.25, 0.3) is 11.3 Å². The Bertz CT molecular complexity index is 833. The summed E-state index contributed by atoms with van der Waals surface area (Å²) in [6, 6.07) is 17.4. The van der Waals surface area contributed by atoms with Crippen molar-refractivity contribution in [3.05, 3.63) is 60.0 Å². The zero-order valence-corrected chi connectivity index (χ0v) is 14.7. The van der Waals surface area contributed by atoms with Crippen LogP contribution in [0.4, 0.5) is 10.8 Å². The molecule has 0 fully saturated rings. The van der Waals surface area contributed by atoms with E-state index in [0.717, 1.165) is 16.2 Å². The summed E-state index contributed by atoms with van der Waals surface area (Å²) in [4.78, 5) is 17.8. The van der Waals surface area contributed by atoms with Gasteiger partial charge in [0.25, 0.3) is 0 Å². The number of nitrogens with two attached hydrogens (primary N) is 1. The van der Waals surface area contributed by atoms with Gasteiger partial charge in [0.15, 0.2) is 5.13 Å². The third-order valence-corrected chi connectivity index (χ3v) is 5.20. The van der Waals surface area contributed by atoms with Gasteiger partial charge in [0, 0.05) is 21.5 Å². The number of hydrogen-bond acceptors (Lipinski definition) is 5. The molecule has 6 heteroatoms. The summed E-state index contributed by atoms with van der Waals surface area (Å²) in [5.74, 6) is -0.0728. The first-order chi connectivity index (χ1) is 11.6. The zero-order valence-electron chi connectivity index (χ0n) is 13.1. The second kappa shape index (κ2) is 7.51. The lowest BCUT2D eigenvalue weighted by molar-refractivity contribution is -0.115. The Morgan fingerprint density at radius 3 is 2.75 bits per heavy atom. The van der Waals surface area contributed by atoms with E-state index < -0.39 is 0 Å². The van der Waals surface area contributed by atoms with Crippen LogP contribution < -0.4 is 11.1 Å². The quantitative estimate of drug-likeness (QED) is 0.522. The average molecular weight is 355 g/mol. The molecule has 1 unspecified atom stereocenters. The molecule has 3 rings (SSSR count). The molecule has 1 amide bonds. The number of amides is 1. The molecular weight excluding hydrogens is 338 g/mol. The lowest BCUT2D eigenvalue weighted by atomic mass is 10.2. The summed E-state index contributed by atoms with van der Waals surface area (Å²) in [5, 5.41) is 5.20. The Morgan fingerprint density at radius 2 is 2.00 bits per heavy atom. The highest BCUT2D eigenvalue weighted by Gasteiger charge is 2.16. The predicted molar refractivity (Wildman–Crippen MR) is 102 cm³/mol. The molecule has 1 aromatic heterocycles. The van der Waals surface area contributed by atoms with Crippen LogP contribution in [0.15, 0.2) is 64.9 Å². The van der Waals surface area contributed by atoms with Crippen molar-refractivity contribution in [3.8, 4) is 11.3 Å². The fourth-order valence-corrected chi connectivity index (χ4v) is 3.78. The minimum Gasteiger partial charge on any atom is -0.399 e. The van der Waals surface area contributed by atoms with Gasteiger partial charge in [-0.05, 0) is 25.1 Å². The topological polar surface area (TPSA) is 68.0 Å². The van der Waals surface area contributed by atoms with Gasteiger partial charge >= 0.3 is 0 Å². The third-order valence-electron chi connectivity index (χ3n) is 3.34. The van der Waals surface area contributed by atoms with Gasteiger partial charge in [-0.2, -0.15) is 0 Å². The molecule has 0 saturated heterocycles. The molecule has 2 aromatic carbocycles. The van der Waals surface area contributed by atoms with Gasteiger partial charge in [0.05, 0.1) is 10.9 Å². The molecule has 1 heterocycles. The number of carbonyl (C=O) groups excluding carboxylic acids is 1. The summed E-state index contributed by atoms with van der Waals surface area (Å²) in [6.07, 6.45) is 0. The van der Waals surface area contributed by atoms with E-state index in [1.807, 2.05) is 66.9 Å². The van der Waals surface area contributed by atoms with Crippen molar-refractivity contribution in [2.45, 2.75) is 17.1 Å². The summed E-state index contributed by atoms with van der Waals surface area (Å²) in [5.41, 5.74) is 8.37. The predicted octanol–water partition coefficient (Wildman–Crippen LogP) is 4.51. The molecule has 3 N–H and O–H groups in total. The normalized spacial score (nSPS) is 11.9. The van der Waals surface area contributed by atoms with Crippen molar-refractivity contribution in [1.82, 2.24) is 4.98 Å². The molecule has 122 valence electrons. The number of aromatic nitrogens is 1. The van der Waals surface area contributed by atoms with Crippen LogP contribution in [0.3, 0.4) is 0 Å². The first kappa shape index (κ1) is 16.5. The molecule has 0 aliphatic rings. The van der Waals surface area contributed by atoms with E-state index in [4.69, 9.17) is 5.73 Å². The maximum atomic E-state index is 12.4. The molecule has 0 radical (unpaired) electrons. The molecular formula is C18H17N3OS2. The van der Waals surface area contributed by atoms with Gasteiger partial charge in [-0.3, -0.25) is 4.79 Å². The minimum atomic E-state index is -0.240. The molecule has 1 atom stereocenters. The summed E-state index contributed by atoms with van der Waals surface area (Å²) in [6.45, 7) is 1.87. The van der Waals surface area contributed by atoms with E-state index >= 15 is 0 Å². The van der Waals surface area contributed by atoms with Crippen LogP contribution in [0.5, 0.6) is 0 Å². The highest BCUT2D eigenvalue weighted by molar-refractivity contribution is 8.00. The minimum absolute atomic E-state index is 0.0728. The Balaban J connectivity index is 1.63. The number of thiazole rings is 1. The fraction of sp³-hybridized carbons (Fsp3) is 0.111. The Morgan fingerprint density at radius 1 is 1.21 bits per heavy atom. The highest BCUT2D eigenvalue weighted by Crippen LogP contribution is 2.28. The van der Waals surface area contributed by atoms with Crippen molar-refractivity contribution in [2.75, 3.05) is 11.1 Å². The lowest BCUT2D eigenvalue weighted by Gasteiger charge is -2.10. The molecule has 24 heavy (non-hydrogen) atoms. The van der Waals surface area contributed by atoms with E-state index in [2.05, 4.69) is 10.3 Å². The molecule has 0 bridgehead atoms. The Kier molecular flexibility index (Phi) is 5.17. The van der Waals surface area contributed by atoms with E-state index in [9.17, 15) is 4.79 Å². The van der Waals surface area contributed by atoms with Crippen molar-refractivity contribution in [3.63, 3.8) is 0 Å². The Hall–Kier alpha value is -2.31. The van der Waals surface area contributed by atoms with E-state index in [-0.39, 0.29) is 11.2 Å². The monoisotopic (exact) mass is 355 g/mol. The standard InChI is InChI=1S/C18H17N3OS2/c1-12(24-15-9-5-8-14(19)10-15)17(22)21-18-20-16(11-23-18)13-6-3-2-4-7-13/h2-12H,19H2,1H3,(H,20,21,22). The van der Waals surface area contributed by atoms with Gasteiger partial charge in [-0.15, -0.1) is 23.1 Å². The van der Waals surface area contributed by atoms with Crippen molar-refractivity contribution in [1.29, 1.82) is 0 Å². The second-order valence-electron chi connectivity index (χ2n) is 5.23. The van der Waals surface area contributed by atoms with E-state index in [1.54, 1.807) is 0 Å². The van der Waals surface area contributed by atoms with Gasteiger partial charge in [0.2, 0.25) is 5.91 Å². The van der Waals surface area contributed by atoms with Gasteiger partial charge in [-0.1, -0.05) is 36.4 Å². The van der Waals surface area contributed by atoms with Crippen LogP contribution >= 0.6 is 23.1 Å². The van der Waals surface area contributed by atoms with E-state index in [0.29, 0.717) is 10.8 Å².